The summed E-state index contributed by atoms with van der Waals surface area (Å²) < 4.78 is 38.5. The molecule has 2 rings (SSSR count). The van der Waals surface area contributed by atoms with Gasteiger partial charge < -0.3 is 5.73 Å². The Labute approximate surface area is 150 Å². The van der Waals surface area contributed by atoms with Crippen LogP contribution in [0.3, 0.4) is 0 Å². The van der Waals surface area contributed by atoms with Gasteiger partial charge in [-0.2, -0.15) is 18.3 Å². The zero-order valence-electron chi connectivity index (χ0n) is 12.3. The molecule has 0 saturated carbocycles. The Hall–Kier alpha value is -1.80. The van der Waals surface area contributed by atoms with Gasteiger partial charge in [0.1, 0.15) is 0 Å². The summed E-state index contributed by atoms with van der Waals surface area (Å²) in [7, 11) is 0. The third-order valence-corrected chi connectivity index (χ3v) is 4.15. The Bertz CT molecular complexity index is 746. The normalized spacial score (nSPS) is 12.8. The number of hydrogen-bond acceptors (Lipinski definition) is 3. The van der Waals surface area contributed by atoms with Crippen LogP contribution < -0.4 is 5.73 Å². The molecule has 0 fully saturated rings. The molecular weight excluding hydrogens is 403 g/mol. The Morgan fingerprint density at radius 1 is 1.17 bits per heavy atom. The smallest absolute Gasteiger partial charge is 0.377 e. The van der Waals surface area contributed by atoms with Gasteiger partial charge in [0, 0.05) is 10.2 Å². The highest BCUT2D eigenvalue weighted by molar-refractivity contribution is 9.10. The second kappa shape index (κ2) is 8.34. The Morgan fingerprint density at radius 3 is 2.54 bits per heavy atom. The van der Waals surface area contributed by atoms with Crippen LogP contribution in [-0.4, -0.2) is 11.4 Å². The van der Waals surface area contributed by atoms with E-state index in [1.807, 2.05) is 30.3 Å². The van der Waals surface area contributed by atoms with E-state index in [-0.39, 0.29) is 10.7 Å². The molecule has 0 heterocycles. The van der Waals surface area contributed by atoms with Crippen LogP contribution in [0, 0.1) is 0 Å². The molecule has 0 amide bonds. The zero-order valence-corrected chi connectivity index (χ0v) is 14.7. The molecule has 2 aromatic rings. The molecular formula is C16H13BrF3N3S. The van der Waals surface area contributed by atoms with E-state index in [0.29, 0.717) is 10.2 Å². The van der Waals surface area contributed by atoms with Gasteiger partial charge in [-0.25, -0.2) is 0 Å². The number of amidine groups is 1. The predicted octanol–water partition coefficient (Wildman–Crippen LogP) is 5.05. The molecule has 0 radical (unpaired) electrons. The van der Waals surface area contributed by atoms with Crippen molar-refractivity contribution in [3.63, 3.8) is 0 Å². The van der Waals surface area contributed by atoms with E-state index >= 15 is 0 Å². The molecule has 126 valence electrons. The van der Waals surface area contributed by atoms with E-state index < -0.39 is 11.7 Å². The summed E-state index contributed by atoms with van der Waals surface area (Å²) in [6.45, 7) is 0. The van der Waals surface area contributed by atoms with Gasteiger partial charge in [-0.05, 0) is 29.3 Å². The summed E-state index contributed by atoms with van der Waals surface area (Å²) in [5.74, 6) is 0.640. The second-order valence-corrected chi connectivity index (χ2v) is 6.64. The molecule has 0 aliphatic rings. The van der Waals surface area contributed by atoms with Crippen LogP contribution in [0.2, 0.25) is 0 Å². The van der Waals surface area contributed by atoms with Crippen LogP contribution in [0.5, 0.6) is 0 Å². The summed E-state index contributed by atoms with van der Waals surface area (Å²) in [6.07, 6.45) is -3.18. The summed E-state index contributed by atoms with van der Waals surface area (Å²) in [5, 5.41) is 7.77. The first-order valence-corrected chi connectivity index (χ1v) is 8.53. The number of rotatable bonds is 4. The molecule has 2 N–H and O–H groups in total. The maximum Gasteiger partial charge on any atom is 0.416 e. The molecule has 0 bridgehead atoms. The molecule has 8 heteroatoms. The van der Waals surface area contributed by atoms with Crippen molar-refractivity contribution in [1.29, 1.82) is 0 Å². The van der Waals surface area contributed by atoms with Crippen molar-refractivity contribution in [2.75, 3.05) is 0 Å². The lowest BCUT2D eigenvalue weighted by atomic mass is 10.1. The number of alkyl halides is 3. The quantitative estimate of drug-likeness (QED) is 0.431. The summed E-state index contributed by atoms with van der Waals surface area (Å²) in [5.41, 5.74) is 6.34. The highest BCUT2D eigenvalue weighted by Crippen LogP contribution is 2.31. The molecule has 0 saturated heterocycles. The summed E-state index contributed by atoms with van der Waals surface area (Å²) in [6, 6.07) is 13.2. The molecule has 0 atom stereocenters. The lowest BCUT2D eigenvalue weighted by molar-refractivity contribution is -0.137. The van der Waals surface area contributed by atoms with Gasteiger partial charge in [-0.15, -0.1) is 5.10 Å². The number of benzene rings is 2. The maximum absolute atomic E-state index is 12.7. The first-order valence-electron chi connectivity index (χ1n) is 6.75. The van der Waals surface area contributed by atoms with Crippen molar-refractivity contribution in [2.45, 2.75) is 11.9 Å². The van der Waals surface area contributed by atoms with Gasteiger partial charge in [-0.3, -0.25) is 0 Å². The van der Waals surface area contributed by atoms with E-state index in [1.54, 1.807) is 0 Å². The molecule has 3 nitrogen and oxygen atoms in total. The molecule has 0 aliphatic heterocycles. The van der Waals surface area contributed by atoms with Gasteiger partial charge in [0.15, 0.2) is 5.17 Å². The largest absolute Gasteiger partial charge is 0.416 e. The number of hydrogen-bond donors (Lipinski definition) is 1. The molecule has 0 unspecified atom stereocenters. The third kappa shape index (κ3) is 6.01. The standard InChI is InChI=1S/C16H13BrF3N3S/c17-14-7-12(6-13(8-14)16(18,19)20)9-22-23-15(21)24-10-11-4-2-1-3-5-11/h1-9H,10H2,(H2,21,23). The van der Waals surface area contributed by atoms with Gasteiger partial charge >= 0.3 is 6.18 Å². The van der Waals surface area contributed by atoms with Crippen molar-refractivity contribution in [1.82, 2.24) is 0 Å². The maximum atomic E-state index is 12.7. The fourth-order valence-electron chi connectivity index (χ4n) is 1.76. The van der Waals surface area contributed by atoms with Gasteiger partial charge in [0.25, 0.3) is 0 Å². The Kier molecular flexibility index (Phi) is 6.44. The van der Waals surface area contributed by atoms with E-state index in [0.717, 1.165) is 17.7 Å². The van der Waals surface area contributed by atoms with Crippen LogP contribution >= 0.6 is 27.7 Å². The summed E-state index contributed by atoms with van der Waals surface area (Å²) in [4.78, 5) is 0. The predicted molar refractivity (Wildman–Crippen MR) is 96.1 cm³/mol. The number of thioether (sulfide) groups is 1. The highest BCUT2D eigenvalue weighted by atomic mass is 79.9. The molecule has 0 aromatic heterocycles. The minimum Gasteiger partial charge on any atom is -0.377 e. The molecule has 24 heavy (non-hydrogen) atoms. The van der Waals surface area contributed by atoms with Crippen LogP contribution in [0.1, 0.15) is 16.7 Å². The summed E-state index contributed by atoms with van der Waals surface area (Å²) >= 11 is 4.35. The SMILES string of the molecule is NC(=NN=Cc1cc(Br)cc(C(F)(F)F)c1)SCc1ccccc1. The van der Waals surface area contributed by atoms with Gasteiger partial charge in [-0.1, -0.05) is 58.0 Å². The molecule has 0 spiro atoms. The first-order chi connectivity index (χ1) is 11.3. The Morgan fingerprint density at radius 2 is 1.88 bits per heavy atom. The minimum absolute atomic E-state index is 0.237. The monoisotopic (exact) mass is 415 g/mol. The van der Waals surface area contributed by atoms with Crippen molar-refractivity contribution >= 4 is 39.1 Å². The van der Waals surface area contributed by atoms with Crippen molar-refractivity contribution in [2.24, 2.45) is 15.9 Å². The topological polar surface area (TPSA) is 50.7 Å². The van der Waals surface area contributed by atoms with Crippen molar-refractivity contribution in [3.8, 4) is 0 Å². The lowest BCUT2D eigenvalue weighted by Gasteiger charge is -2.07. The van der Waals surface area contributed by atoms with Crippen LogP contribution in [-0.2, 0) is 11.9 Å². The fraction of sp³-hybridized carbons (Fsp3) is 0.125. The molecule has 0 aliphatic carbocycles. The third-order valence-electron chi connectivity index (χ3n) is 2.84. The lowest BCUT2D eigenvalue weighted by Crippen LogP contribution is -2.06. The van der Waals surface area contributed by atoms with Crippen molar-refractivity contribution in [3.05, 3.63) is 69.7 Å². The first kappa shape index (κ1) is 18.5. The number of nitrogens with zero attached hydrogens (tertiary/aromatic N) is 2. The van der Waals surface area contributed by atoms with E-state index in [4.69, 9.17) is 5.73 Å². The van der Waals surface area contributed by atoms with Gasteiger partial charge in [0.2, 0.25) is 0 Å². The van der Waals surface area contributed by atoms with Crippen LogP contribution in [0.25, 0.3) is 0 Å². The zero-order chi connectivity index (χ0) is 17.6. The average Bonchev–Trinajstić information content (AvgIpc) is 2.52. The van der Waals surface area contributed by atoms with Gasteiger partial charge in [0.05, 0.1) is 11.8 Å². The minimum atomic E-state index is -4.42. The van der Waals surface area contributed by atoms with Crippen LogP contribution in [0.4, 0.5) is 13.2 Å². The van der Waals surface area contributed by atoms with Crippen LogP contribution in [0.15, 0.2) is 63.2 Å². The second-order valence-electron chi connectivity index (χ2n) is 4.73. The van der Waals surface area contributed by atoms with Crippen molar-refractivity contribution < 1.29 is 13.2 Å². The molecule has 2 aromatic carbocycles. The Balaban J connectivity index is 2.01. The number of nitrogens with two attached hydrogens (primary N) is 1. The van der Waals surface area contributed by atoms with E-state index in [1.165, 1.54) is 24.0 Å². The average molecular weight is 416 g/mol. The fourth-order valence-corrected chi connectivity index (χ4v) is 2.89. The number of halogens is 4. The van der Waals surface area contributed by atoms with E-state index in [9.17, 15) is 13.2 Å². The van der Waals surface area contributed by atoms with E-state index in [2.05, 4.69) is 26.1 Å². The highest BCUT2D eigenvalue weighted by Gasteiger charge is 2.30.